The second-order valence-corrected chi connectivity index (χ2v) is 4.05. The summed E-state index contributed by atoms with van der Waals surface area (Å²) in [5.74, 6) is -0.673. The molecule has 0 rings (SSSR count). The second-order valence-electron chi connectivity index (χ2n) is 4.05. The smallest absolute Gasteiger partial charge is 0.334 e. The maximum atomic E-state index is 11.9. The molecule has 0 N–H and O–H groups in total. The van der Waals surface area contributed by atoms with Gasteiger partial charge >= 0.3 is 11.9 Å². The lowest BCUT2D eigenvalue weighted by atomic mass is 10.1. The SMILES string of the molecule is C=C/C=C(/CCCCC(=O)OC)C(=O)OC(C=C)C=C. The summed E-state index contributed by atoms with van der Waals surface area (Å²) in [6, 6.07) is 0. The molecule has 0 aliphatic heterocycles. The number of hydrogen-bond acceptors (Lipinski definition) is 4. The van der Waals surface area contributed by atoms with Gasteiger partial charge in [-0.3, -0.25) is 4.79 Å². The number of esters is 2. The maximum Gasteiger partial charge on any atom is 0.334 e. The molecule has 0 aromatic rings. The Morgan fingerprint density at radius 1 is 1.10 bits per heavy atom. The Labute approximate surface area is 120 Å². The minimum Gasteiger partial charge on any atom is -0.469 e. The Bertz CT molecular complexity index is 385. The third kappa shape index (κ3) is 7.36. The van der Waals surface area contributed by atoms with E-state index in [1.807, 2.05) is 0 Å². The molecule has 0 saturated carbocycles. The number of rotatable bonds is 10. The predicted octanol–water partition coefficient (Wildman–Crippen LogP) is 3.12. The molecule has 0 aromatic carbocycles. The summed E-state index contributed by atoms with van der Waals surface area (Å²) in [4.78, 5) is 22.9. The van der Waals surface area contributed by atoms with Gasteiger partial charge in [-0.2, -0.15) is 0 Å². The normalized spacial score (nSPS) is 10.8. The van der Waals surface area contributed by atoms with Gasteiger partial charge in [0.2, 0.25) is 0 Å². The van der Waals surface area contributed by atoms with Gasteiger partial charge in [-0.1, -0.05) is 31.9 Å². The van der Waals surface area contributed by atoms with Crippen molar-refractivity contribution in [2.45, 2.75) is 31.8 Å². The minimum atomic E-state index is -0.509. The van der Waals surface area contributed by atoms with Gasteiger partial charge in [0.15, 0.2) is 0 Å². The van der Waals surface area contributed by atoms with Crippen LogP contribution in [0.5, 0.6) is 0 Å². The summed E-state index contributed by atoms with van der Waals surface area (Å²) in [6.07, 6.45) is 7.83. The van der Waals surface area contributed by atoms with Gasteiger partial charge in [-0.05, 0) is 31.4 Å². The van der Waals surface area contributed by atoms with E-state index >= 15 is 0 Å². The van der Waals surface area contributed by atoms with Crippen LogP contribution in [0.3, 0.4) is 0 Å². The zero-order chi connectivity index (χ0) is 15.4. The van der Waals surface area contributed by atoms with E-state index < -0.39 is 12.1 Å². The molecular weight excluding hydrogens is 256 g/mol. The van der Waals surface area contributed by atoms with E-state index in [2.05, 4.69) is 24.5 Å². The molecule has 0 aromatic heterocycles. The van der Waals surface area contributed by atoms with Gasteiger partial charge < -0.3 is 9.47 Å². The van der Waals surface area contributed by atoms with Crippen molar-refractivity contribution in [3.8, 4) is 0 Å². The topological polar surface area (TPSA) is 52.6 Å². The zero-order valence-electron chi connectivity index (χ0n) is 12.0. The summed E-state index contributed by atoms with van der Waals surface area (Å²) in [5, 5.41) is 0. The highest BCUT2D eigenvalue weighted by Crippen LogP contribution is 2.13. The van der Waals surface area contributed by atoms with Crippen LogP contribution in [-0.4, -0.2) is 25.2 Å². The predicted molar refractivity (Wildman–Crippen MR) is 79.0 cm³/mol. The maximum absolute atomic E-state index is 11.9. The minimum absolute atomic E-state index is 0.250. The molecule has 0 heterocycles. The van der Waals surface area contributed by atoms with Crippen molar-refractivity contribution >= 4 is 11.9 Å². The number of methoxy groups -OCH3 is 1. The first kappa shape index (κ1) is 17.9. The number of allylic oxidation sites excluding steroid dienone is 2. The molecule has 20 heavy (non-hydrogen) atoms. The number of hydrogen-bond donors (Lipinski definition) is 0. The molecule has 0 aliphatic rings. The molecule has 0 unspecified atom stereocenters. The van der Waals surface area contributed by atoms with Crippen LogP contribution in [0, 0.1) is 0 Å². The highest BCUT2D eigenvalue weighted by molar-refractivity contribution is 5.89. The van der Waals surface area contributed by atoms with Crippen LogP contribution < -0.4 is 0 Å². The van der Waals surface area contributed by atoms with Gasteiger partial charge in [-0.25, -0.2) is 4.79 Å². The van der Waals surface area contributed by atoms with E-state index in [9.17, 15) is 9.59 Å². The van der Waals surface area contributed by atoms with Crippen LogP contribution in [-0.2, 0) is 19.1 Å². The van der Waals surface area contributed by atoms with E-state index in [0.29, 0.717) is 31.3 Å². The van der Waals surface area contributed by atoms with Crippen molar-refractivity contribution in [1.29, 1.82) is 0 Å². The lowest BCUT2D eigenvalue weighted by Crippen LogP contribution is -2.15. The highest BCUT2D eigenvalue weighted by Gasteiger charge is 2.13. The molecule has 4 nitrogen and oxygen atoms in total. The van der Waals surface area contributed by atoms with Crippen molar-refractivity contribution in [2.24, 2.45) is 0 Å². The molecule has 0 bridgehead atoms. The first-order chi connectivity index (χ1) is 9.58. The zero-order valence-corrected chi connectivity index (χ0v) is 12.0. The number of carbonyl (C=O) groups excluding carboxylic acids is 2. The Morgan fingerprint density at radius 2 is 1.70 bits per heavy atom. The van der Waals surface area contributed by atoms with Crippen LogP contribution in [0.15, 0.2) is 49.6 Å². The summed E-state index contributed by atoms with van der Waals surface area (Å²) >= 11 is 0. The standard InChI is InChI=1S/C16H22O4/c1-5-10-13(11-8-9-12-15(17)19-4)16(18)20-14(6-2)7-3/h5-7,10,14H,1-3,8-9,11-12H2,4H3/b13-10-. The van der Waals surface area contributed by atoms with Crippen LogP contribution in [0.2, 0.25) is 0 Å². The quantitative estimate of drug-likeness (QED) is 0.202. The third-order valence-corrected chi connectivity index (χ3v) is 2.59. The summed E-state index contributed by atoms with van der Waals surface area (Å²) in [7, 11) is 1.35. The first-order valence-corrected chi connectivity index (χ1v) is 6.43. The van der Waals surface area contributed by atoms with Gasteiger partial charge in [0, 0.05) is 12.0 Å². The van der Waals surface area contributed by atoms with Gasteiger partial charge in [0.1, 0.15) is 6.10 Å². The van der Waals surface area contributed by atoms with Gasteiger partial charge in [0.25, 0.3) is 0 Å². The van der Waals surface area contributed by atoms with Crippen LogP contribution in [0.4, 0.5) is 0 Å². The third-order valence-electron chi connectivity index (χ3n) is 2.59. The Kier molecular flexibility index (Phi) is 9.66. The van der Waals surface area contributed by atoms with Gasteiger partial charge in [-0.15, -0.1) is 0 Å². The van der Waals surface area contributed by atoms with E-state index in [4.69, 9.17) is 4.74 Å². The van der Waals surface area contributed by atoms with Gasteiger partial charge in [0.05, 0.1) is 7.11 Å². The number of unbranched alkanes of at least 4 members (excludes halogenated alkanes) is 1. The lowest BCUT2D eigenvalue weighted by molar-refractivity contribution is -0.141. The van der Waals surface area contributed by atoms with E-state index in [1.165, 1.54) is 25.3 Å². The Balaban J connectivity index is 4.36. The Morgan fingerprint density at radius 3 is 2.20 bits per heavy atom. The molecule has 0 amide bonds. The van der Waals surface area contributed by atoms with Crippen molar-refractivity contribution in [2.75, 3.05) is 7.11 Å². The molecular formula is C16H22O4. The van der Waals surface area contributed by atoms with Crippen LogP contribution in [0.1, 0.15) is 25.7 Å². The molecule has 0 radical (unpaired) electrons. The first-order valence-electron chi connectivity index (χ1n) is 6.43. The molecule has 110 valence electrons. The average Bonchev–Trinajstić information content (AvgIpc) is 2.47. The fourth-order valence-corrected chi connectivity index (χ4v) is 1.47. The van der Waals surface area contributed by atoms with Crippen molar-refractivity contribution in [1.82, 2.24) is 0 Å². The molecule has 0 spiro atoms. The van der Waals surface area contributed by atoms with E-state index in [1.54, 1.807) is 6.08 Å². The van der Waals surface area contributed by atoms with Crippen LogP contribution in [0.25, 0.3) is 0 Å². The Hall–Kier alpha value is -2.10. The molecule has 4 heteroatoms. The summed E-state index contributed by atoms with van der Waals surface area (Å²) < 4.78 is 9.73. The van der Waals surface area contributed by atoms with Crippen molar-refractivity contribution in [3.63, 3.8) is 0 Å². The summed E-state index contributed by atoms with van der Waals surface area (Å²) in [5.41, 5.74) is 0.513. The monoisotopic (exact) mass is 278 g/mol. The van der Waals surface area contributed by atoms with Crippen LogP contribution >= 0.6 is 0 Å². The molecule has 0 fully saturated rings. The van der Waals surface area contributed by atoms with Crippen molar-refractivity contribution in [3.05, 3.63) is 49.6 Å². The summed E-state index contributed by atoms with van der Waals surface area (Å²) in [6.45, 7) is 10.7. The molecule has 0 saturated heterocycles. The van der Waals surface area contributed by atoms with E-state index in [-0.39, 0.29) is 5.97 Å². The number of carbonyl (C=O) groups is 2. The fraction of sp³-hybridized carbons (Fsp3) is 0.375. The number of ether oxygens (including phenoxy) is 2. The largest absolute Gasteiger partial charge is 0.469 e. The van der Waals surface area contributed by atoms with E-state index in [0.717, 1.165) is 0 Å². The average molecular weight is 278 g/mol. The fourth-order valence-electron chi connectivity index (χ4n) is 1.47. The molecule has 0 aliphatic carbocycles. The second kappa shape index (κ2) is 10.8. The lowest BCUT2D eigenvalue weighted by Gasteiger charge is -2.11. The highest BCUT2D eigenvalue weighted by atomic mass is 16.5. The van der Waals surface area contributed by atoms with Crippen molar-refractivity contribution < 1.29 is 19.1 Å². The molecule has 0 atom stereocenters.